The van der Waals surface area contributed by atoms with Crippen LogP contribution in [0, 0.1) is 24.0 Å². The number of hydrogen-bond acceptors (Lipinski definition) is 10. The molecule has 4 aliphatic heterocycles. The van der Waals surface area contributed by atoms with Gasteiger partial charge in [-0.05, 0) is 112 Å². The van der Waals surface area contributed by atoms with Crippen LogP contribution in [0.15, 0.2) is 85.2 Å². The molecule has 0 saturated carbocycles. The van der Waals surface area contributed by atoms with E-state index in [-0.39, 0.29) is 57.4 Å². The molecule has 10 nitrogen and oxygen atoms in total. The molecule has 0 spiro atoms. The highest BCUT2D eigenvalue weighted by molar-refractivity contribution is 6.36. The summed E-state index contributed by atoms with van der Waals surface area (Å²) >= 11 is 6.52. The molecule has 0 amide bonds. The summed E-state index contributed by atoms with van der Waals surface area (Å²) in [4.78, 5) is 32.7. The highest BCUT2D eigenvalue weighted by Gasteiger charge is 2.46. The van der Waals surface area contributed by atoms with Crippen LogP contribution in [-0.4, -0.2) is 90.2 Å². The maximum absolute atomic E-state index is 16.2. The van der Waals surface area contributed by atoms with Crippen molar-refractivity contribution in [2.45, 2.75) is 102 Å². The van der Waals surface area contributed by atoms with Gasteiger partial charge in [-0.2, -0.15) is 19.9 Å². The Morgan fingerprint density at radius 2 is 1.03 bits per heavy atom. The minimum Gasteiger partial charge on any atom is -0.461 e. The number of halogens is 3. The molecule has 0 aliphatic carbocycles. The maximum atomic E-state index is 16.2. The third-order valence-corrected chi connectivity index (χ3v) is 15.8. The van der Waals surface area contributed by atoms with Crippen LogP contribution in [0.2, 0.25) is 5.02 Å². The van der Waals surface area contributed by atoms with Crippen LogP contribution in [-0.2, 0) is 0 Å². The Morgan fingerprint density at radius 1 is 0.606 bits per heavy atom. The van der Waals surface area contributed by atoms with Gasteiger partial charge >= 0.3 is 12.0 Å². The highest BCUT2D eigenvalue weighted by atomic mass is 35.5. The van der Waals surface area contributed by atoms with E-state index in [4.69, 9.17) is 37.5 Å². The number of hydrogen-bond donors (Lipinski definition) is 0. The van der Waals surface area contributed by atoms with Crippen molar-refractivity contribution in [2.24, 2.45) is 0 Å². The van der Waals surface area contributed by atoms with E-state index in [9.17, 15) is 0 Å². The van der Waals surface area contributed by atoms with Crippen LogP contribution in [0.3, 0.4) is 0 Å². The summed E-state index contributed by atoms with van der Waals surface area (Å²) in [6.45, 7) is 13.7. The van der Waals surface area contributed by atoms with Crippen molar-refractivity contribution >= 4 is 55.0 Å². The Bertz CT molecular complexity index is 3380. The van der Waals surface area contributed by atoms with Gasteiger partial charge in [0.25, 0.3) is 0 Å². The Labute approximate surface area is 418 Å². The Hall–Kier alpha value is -6.39. The van der Waals surface area contributed by atoms with Gasteiger partial charge in [-0.1, -0.05) is 106 Å². The largest absolute Gasteiger partial charge is 0.461 e. The van der Waals surface area contributed by atoms with Crippen LogP contribution in [0.4, 0.5) is 8.78 Å². The van der Waals surface area contributed by atoms with Crippen LogP contribution in [0.1, 0.15) is 108 Å². The Morgan fingerprint density at radius 3 is 1.48 bits per heavy atom. The van der Waals surface area contributed by atoms with Crippen LogP contribution >= 0.6 is 11.6 Å². The van der Waals surface area contributed by atoms with E-state index in [1.807, 2.05) is 100 Å². The van der Waals surface area contributed by atoms with Crippen molar-refractivity contribution in [3.8, 4) is 46.9 Å². The zero-order valence-electron chi connectivity index (χ0n) is 40.7. The fourth-order valence-electron chi connectivity index (χ4n) is 12.0. The predicted molar refractivity (Wildman–Crippen MR) is 278 cm³/mol. The zero-order valence-corrected chi connectivity index (χ0v) is 41.5. The number of pyridine rings is 2. The fraction of sp³-hybridized carbons (Fsp3) is 0.379. The van der Waals surface area contributed by atoms with E-state index >= 15 is 8.78 Å². The average molecular weight is 972 g/mol. The molecular formula is C58H57ClF2N8O2. The van der Waals surface area contributed by atoms with E-state index in [1.54, 1.807) is 12.4 Å². The van der Waals surface area contributed by atoms with Gasteiger partial charge in [0.2, 0.25) is 0 Å². The lowest BCUT2D eigenvalue weighted by Crippen LogP contribution is -2.43. The third kappa shape index (κ3) is 8.39. The number of terminal acetylenes is 1. The number of ether oxygens (including phenoxy) is 2. The molecule has 71 heavy (non-hydrogen) atoms. The van der Waals surface area contributed by atoms with E-state index in [0.29, 0.717) is 45.7 Å². The second kappa shape index (κ2) is 19.0. The van der Waals surface area contributed by atoms with Gasteiger partial charge in [-0.15, -0.1) is 6.42 Å². The summed E-state index contributed by atoms with van der Waals surface area (Å²) in [7, 11) is 0. The lowest BCUT2D eigenvalue weighted by molar-refractivity contribution is 0.107. The molecule has 4 fully saturated rings. The topological polar surface area (TPSA) is 102 Å². The Balaban J connectivity index is 0.000000154. The van der Waals surface area contributed by atoms with Crippen molar-refractivity contribution in [3.05, 3.63) is 119 Å². The third-order valence-electron chi connectivity index (χ3n) is 15.5. The summed E-state index contributed by atoms with van der Waals surface area (Å²) < 4.78 is 44.8. The van der Waals surface area contributed by atoms with Crippen LogP contribution < -0.4 is 9.47 Å². The summed E-state index contributed by atoms with van der Waals surface area (Å²) in [6, 6.07) is 23.3. The maximum Gasteiger partial charge on any atom is 0.317 e. The fourth-order valence-corrected chi connectivity index (χ4v) is 12.3. The molecule has 0 bridgehead atoms. The first-order valence-corrected chi connectivity index (χ1v) is 25.5. The minimum atomic E-state index is -0.484. The molecule has 0 radical (unpaired) electrons. The van der Waals surface area contributed by atoms with Crippen molar-refractivity contribution < 1.29 is 18.3 Å². The molecule has 13 heteroatoms. The first kappa shape index (κ1) is 47.0. The molecule has 362 valence electrons. The summed E-state index contributed by atoms with van der Waals surface area (Å²) in [5.74, 6) is 1.89. The van der Waals surface area contributed by atoms with Crippen LogP contribution in [0.25, 0.3) is 65.9 Å². The normalized spacial score (nSPS) is 17.3. The van der Waals surface area contributed by atoms with Gasteiger partial charge in [-0.3, -0.25) is 19.8 Å². The number of nitrogens with zero attached hydrogens (tertiary/aromatic N) is 8. The summed E-state index contributed by atoms with van der Waals surface area (Å²) in [5.41, 5.74) is 4.54. The summed E-state index contributed by atoms with van der Waals surface area (Å²) in [5, 5.41) is 5.24. The van der Waals surface area contributed by atoms with Gasteiger partial charge in [0, 0.05) is 55.7 Å². The molecule has 8 aromatic rings. The second-order valence-electron chi connectivity index (χ2n) is 20.4. The SMILES string of the molecule is C#Cc1cccc2cccc(-c3ncc4c(C(C)C)nc(OCC56CCCN5CCC6)nc4c3F)c12.CC(C)c1nc(OCC23CCCN2CCC3)nc2c(F)c(-c3cccc4cccc(Cl)c34)ncc12. The van der Waals surface area contributed by atoms with Gasteiger partial charge in [-0.25, -0.2) is 8.78 Å². The molecule has 8 heterocycles. The number of benzene rings is 4. The quantitative estimate of drug-likeness (QED) is 0.123. The highest BCUT2D eigenvalue weighted by Crippen LogP contribution is 2.42. The molecule has 0 unspecified atom stereocenters. The molecule has 0 N–H and O–H groups in total. The molecule has 12 rings (SSSR count). The van der Waals surface area contributed by atoms with Crippen molar-refractivity contribution in [2.75, 3.05) is 39.4 Å². The van der Waals surface area contributed by atoms with Gasteiger partial charge < -0.3 is 9.47 Å². The first-order valence-electron chi connectivity index (χ1n) is 25.1. The monoisotopic (exact) mass is 970 g/mol. The summed E-state index contributed by atoms with van der Waals surface area (Å²) in [6.07, 6.45) is 18.4. The van der Waals surface area contributed by atoms with E-state index < -0.39 is 11.6 Å². The smallest absolute Gasteiger partial charge is 0.317 e. The predicted octanol–water partition coefficient (Wildman–Crippen LogP) is 12.9. The van der Waals surface area contributed by atoms with Crippen molar-refractivity contribution in [1.82, 2.24) is 39.7 Å². The van der Waals surface area contributed by atoms with Crippen LogP contribution in [0.5, 0.6) is 12.0 Å². The molecule has 4 aliphatic rings. The first-order chi connectivity index (χ1) is 34.5. The average Bonchev–Trinajstić information content (AvgIpc) is 4.17. The number of fused-ring (bicyclic) bond motifs is 6. The lowest BCUT2D eigenvalue weighted by atomic mass is 9.95. The van der Waals surface area contributed by atoms with Gasteiger partial charge in [0.1, 0.15) is 35.6 Å². The molecule has 0 atom stereocenters. The number of aromatic nitrogens is 6. The molecule has 4 saturated heterocycles. The van der Waals surface area contributed by atoms with Gasteiger partial charge in [0.05, 0.1) is 22.5 Å². The van der Waals surface area contributed by atoms with Crippen molar-refractivity contribution in [1.29, 1.82) is 0 Å². The van der Waals surface area contributed by atoms with E-state index in [0.717, 1.165) is 84.8 Å². The molecule has 4 aromatic heterocycles. The second-order valence-corrected chi connectivity index (χ2v) is 20.8. The van der Waals surface area contributed by atoms with E-state index in [1.165, 1.54) is 25.7 Å². The Kier molecular flexibility index (Phi) is 12.6. The lowest BCUT2D eigenvalue weighted by Gasteiger charge is -2.31. The molecule has 4 aromatic carbocycles. The number of rotatable bonds is 10. The van der Waals surface area contributed by atoms with Crippen molar-refractivity contribution in [3.63, 3.8) is 0 Å². The zero-order chi connectivity index (χ0) is 49.0. The molecular weight excluding hydrogens is 914 g/mol. The van der Waals surface area contributed by atoms with E-state index in [2.05, 4.69) is 35.7 Å². The van der Waals surface area contributed by atoms with Gasteiger partial charge in [0.15, 0.2) is 11.6 Å². The standard InChI is InChI=1S/C30H29FN4O.C28H28ClFN4O/c1-4-20-9-5-10-21-11-6-12-22(24(20)21)27-25(31)28-23(17-32-27)26(19(2)3)33-29(34-28)36-18-30-13-7-15-35(30)16-8-14-30;1-17(2)24-20-15-31-25(19-9-3-7-18-8-4-10-21(29)22(18)19)23(30)26(20)33-27(32-24)35-16-28-11-5-13-34(28)14-6-12-28/h1,5-6,9-12,17,19H,7-8,13-16,18H2,2-3H3;3-4,7-10,15,17H,5-6,11-14,16H2,1-2H3. The minimum absolute atomic E-state index is 0.0584.